The van der Waals surface area contributed by atoms with E-state index in [0.717, 1.165) is 12.1 Å². The van der Waals surface area contributed by atoms with Gasteiger partial charge in [0.1, 0.15) is 11.3 Å². The highest BCUT2D eigenvalue weighted by atomic mass is 35.5. The molecule has 2 bridgehead atoms. The molecule has 2 aromatic carbocycles. The normalized spacial score (nSPS) is 22.0. The Morgan fingerprint density at radius 1 is 1.24 bits per heavy atom. The van der Waals surface area contributed by atoms with E-state index in [0.29, 0.717) is 37.6 Å². The van der Waals surface area contributed by atoms with Gasteiger partial charge >= 0.3 is 0 Å². The van der Waals surface area contributed by atoms with Gasteiger partial charge in [0.05, 0.1) is 6.61 Å². The van der Waals surface area contributed by atoms with Gasteiger partial charge in [-0.25, -0.2) is 14.3 Å². The molecule has 11 heteroatoms. The van der Waals surface area contributed by atoms with Crippen molar-refractivity contribution >= 4 is 23.4 Å². The molecule has 2 amide bonds. The van der Waals surface area contributed by atoms with E-state index in [1.165, 1.54) is 29.2 Å². The van der Waals surface area contributed by atoms with Crippen LogP contribution in [0.2, 0.25) is 5.02 Å². The summed E-state index contributed by atoms with van der Waals surface area (Å²) in [7, 11) is 1.56. The van der Waals surface area contributed by atoms with Crippen molar-refractivity contribution in [3.05, 3.63) is 58.6 Å². The number of fused-ring (bicyclic) bond motifs is 2. The number of methoxy groups -OCH3 is 1. The molecule has 2 atom stereocenters. The van der Waals surface area contributed by atoms with Crippen LogP contribution in [-0.4, -0.2) is 71.8 Å². The van der Waals surface area contributed by atoms with Crippen molar-refractivity contribution in [2.45, 2.75) is 24.4 Å². The summed E-state index contributed by atoms with van der Waals surface area (Å²) in [6, 6.07) is 7.34. The number of rotatable bonds is 7. The first-order valence-electron chi connectivity index (χ1n) is 10.7. The standard InChI is InChI=1S/C23H24ClF2N3O5/c1-33-9-8-28-12-16-6-7-23(13-28,22(31)27-32)29(16)21(30)14-10-18(25)20(19(26)11-14)34-17-4-2-15(24)3-5-17/h2-5,10-11,16,32H,6-9,12-13H2,1H3,(H,27,31). The highest BCUT2D eigenvalue weighted by Crippen LogP contribution is 2.41. The summed E-state index contributed by atoms with van der Waals surface area (Å²) in [5, 5.41) is 9.83. The van der Waals surface area contributed by atoms with Crippen LogP contribution in [0, 0.1) is 11.6 Å². The zero-order valence-electron chi connectivity index (χ0n) is 18.4. The van der Waals surface area contributed by atoms with Gasteiger partial charge in [-0.05, 0) is 49.2 Å². The summed E-state index contributed by atoms with van der Waals surface area (Å²) in [5.41, 5.74) is 0.0353. The Labute approximate surface area is 199 Å². The van der Waals surface area contributed by atoms with Crippen molar-refractivity contribution in [1.82, 2.24) is 15.3 Å². The first-order valence-corrected chi connectivity index (χ1v) is 11.1. The summed E-state index contributed by atoms with van der Waals surface area (Å²) in [6.07, 6.45) is 0.813. The lowest BCUT2D eigenvalue weighted by molar-refractivity contribution is -0.143. The molecule has 0 aliphatic carbocycles. The van der Waals surface area contributed by atoms with Crippen molar-refractivity contribution < 1.29 is 33.1 Å². The summed E-state index contributed by atoms with van der Waals surface area (Å²) < 4.78 is 40.1. The maximum Gasteiger partial charge on any atom is 0.270 e. The minimum absolute atomic E-state index is 0.160. The third-order valence-corrected chi connectivity index (χ3v) is 6.56. The topological polar surface area (TPSA) is 91.3 Å². The number of nitrogens with zero attached hydrogens (tertiary/aromatic N) is 2. The highest BCUT2D eigenvalue weighted by Gasteiger charge is 2.58. The fourth-order valence-electron chi connectivity index (χ4n) is 4.76. The molecule has 0 aromatic heterocycles. The zero-order chi connectivity index (χ0) is 24.5. The SMILES string of the molecule is COCCN1CC2CCC(C(=O)NO)(C1)N2C(=O)c1cc(F)c(Oc2ccc(Cl)cc2)c(F)c1. The van der Waals surface area contributed by atoms with Crippen LogP contribution in [0.1, 0.15) is 23.2 Å². The van der Waals surface area contributed by atoms with Gasteiger partial charge in [0, 0.05) is 43.4 Å². The van der Waals surface area contributed by atoms with Crippen molar-refractivity contribution in [2.75, 3.05) is 33.4 Å². The van der Waals surface area contributed by atoms with Gasteiger partial charge in [-0.15, -0.1) is 0 Å². The smallest absolute Gasteiger partial charge is 0.270 e. The third-order valence-electron chi connectivity index (χ3n) is 6.30. The molecule has 4 rings (SSSR count). The maximum atomic E-state index is 14.8. The van der Waals surface area contributed by atoms with E-state index in [-0.39, 0.29) is 23.9 Å². The van der Waals surface area contributed by atoms with Gasteiger partial charge in [-0.1, -0.05) is 11.6 Å². The second-order valence-corrected chi connectivity index (χ2v) is 8.83. The minimum Gasteiger partial charge on any atom is -0.451 e. The van der Waals surface area contributed by atoms with Crippen LogP contribution in [0.25, 0.3) is 0 Å². The number of carbonyl (C=O) groups excluding carboxylic acids is 2. The Balaban J connectivity index is 1.62. The molecule has 182 valence electrons. The molecule has 8 nitrogen and oxygen atoms in total. The fraction of sp³-hybridized carbons (Fsp3) is 0.391. The lowest BCUT2D eigenvalue weighted by Gasteiger charge is -2.47. The lowest BCUT2D eigenvalue weighted by Crippen LogP contribution is -2.68. The fourth-order valence-corrected chi connectivity index (χ4v) is 4.88. The molecule has 2 N–H and O–H groups in total. The van der Waals surface area contributed by atoms with Crippen LogP contribution in [0.5, 0.6) is 11.5 Å². The molecule has 2 unspecified atom stereocenters. The summed E-state index contributed by atoms with van der Waals surface area (Å²) >= 11 is 5.81. The van der Waals surface area contributed by atoms with Gasteiger partial charge in [0.2, 0.25) is 0 Å². The number of benzene rings is 2. The number of ether oxygens (including phenoxy) is 2. The van der Waals surface area contributed by atoms with E-state index in [2.05, 4.69) is 0 Å². The number of nitrogens with one attached hydrogen (secondary N) is 1. The van der Waals surface area contributed by atoms with Crippen molar-refractivity contribution in [3.63, 3.8) is 0 Å². The third kappa shape index (κ3) is 4.46. The molecule has 2 heterocycles. The number of hydroxylamine groups is 1. The second-order valence-electron chi connectivity index (χ2n) is 8.39. The predicted molar refractivity (Wildman–Crippen MR) is 118 cm³/mol. The molecule has 2 fully saturated rings. The quantitative estimate of drug-likeness (QED) is 0.453. The van der Waals surface area contributed by atoms with Gasteiger partial charge in [-0.3, -0.25) is 19.7 Å². The molecule has 34 heavy (non-hydrogen) atoms. The van der Waals surface area contributed by atoms with Gasteiger partial charge in [0.15, 0.2) is 17.4 Å². The number of halogens is 3. The Hall–Kier alpha value is -2.79. The average molecular weight is 496 g/mol. The van der Waals surface area contributed by atoms with E-state index < -0.39 is 34.7 Å². The highest BCUT2D eigenvalue weighted by molar-refractivity contribution is 6.30. The Morgan fingerprint density at radius 3 is 2.53 bits per heavy atom. The van der Waals surface area contributed by atoms with Crippen LogP contribution < -0.4 is 10.2 Å². The lowest BCUT2D eigenvalue weighted by atomic mass is 9.92. The maximum absolute atomic E-state index is 14.8. The minimum atomic E-state index is -1.37. The van der Waals surface area contributed by atoms with Crippen LogP contribution in [-0.2, 0) is 9.53 Å². The zero-order valence-corrected chi connectivity index (χ0v) is 19.1. The van der Waals surface area contributed by atoms with Crippen LogP contribution in [0.4, 0.5) is 8.78 Å². The van der Waals surface area contributed by atoms with Gasteiger partial charge in [-0.2, -0.15) is 0 Å². The largest absolute Gasteiger partial charge is 0.451 e. The molecule has 2 saturated heterocycles. The molecular formula is C23H24ClF2N3O5. The first kappa shape index (κ1) is 24.3. The van der Waals surface area contributed by atoms with Crippen molar-refractivity contribution in [3.8, 4) is 11.5 Å². The number of likely N-dealkylation sites (tertiary alicyclic amines) is 1. The monoisotopic (exact) mass is 495 g/mol. The predicted octanol–water partition coefficient (Wildman–Crippen LogP) is 3.22. The van der Waals surface area contributed by atoms with E-state index in [1.807, 2.05) is 4.90 Å². The molecule has 0 radical (unpaired) electrons. The van der Waals surface area contributed by atoms with Crippen molar-refractivity contribution in [1.29, 1.82) is 0 Å². The van der Waals surface area contributed by atoms with Crippen LogP contribution in [0.3, 0.4) is 0 Å². The van der Waals surface area contributed by atoms with Gasteiger partial charge < -0.3 is 14.4 Å². The van der Waals surface area contributed by atoms with Crippen LogP contribution in [0.15, 0.2) is 36.4 Å². The van der Waals surface area contributed by atoms with Gasteiger partial charge in [0.25, 0.3) is 11.8 Å². The van der Waals surface area contributed by atoms with E-state index in [9.17, 15) is 23.6 Å². The first-order chi connectivity index (χ1) is 16.3. The molecular weight excluding hydrogens is 472 g/mol. The number of hydrogen-bond acceptors (Lipinski definition) is 6. The van der Waals surface area contributed by atoms with Crippen LogP contribution >= 0.6 is 11.6 Å². The molecule has 2 aromatic rings. The summed E-state index contributed by atoms with van der Waals surface area (Å²) in [5.74, 6) is -4.06. The number of amides is 2. The number of carbonyl (C=O) groups is 2. The second kappa shape index (κ2) is 9.83. The summed E-state index contributed by atoms with van der Waals surface area (Å²) in [6.45, 7) is 1.60. The van der Waals surface area contributed by atoms with E-state index in [4.69, 9.17) is 21.1 Å². The number of piperazine rings is 1. The molecule has 0 spiro atoms. The molecule has 2 aliphatic heterocycles. The number of hydrogen-bond donors (Lipinski definition) is 2. The van der Waals surface area contributed by atoms with E-state index >= 15 is 0 Å². The molecule has 0 saturated carbocycles. The van der Waals surface area contributed by atoms with Crippen molar-refractivity contribution in [2.24, 2.45) is 0 Å². The van der Waals surface area contributed by atoms with E-state index in [1.54, 1.807) is 12.6 Å². The Kier molecular flexibility index (Phi) is 7.04. The Morgan fingerprint density at radius 2 is 1.91 bits per heavy atom. The summed E-state index contributed by atoms with van der Waals surface area (Å²) in [4.78, 5) is 29.5. The average Bonchev–Trinajstić information content (AvgIpc) is 3.07. The molecule has 2 aliphatic rings. The Bertz CT molecular complexity index is 1060.